The highest BCUT2D eigenvalue weighted by Gasteiger charge is 2.32. The van der Waals surface area contributed by atoms with E-state index in [0.29, 0.717) is 58.9 Å². The predicted molar refractivity (Wildman–Crippen MR) is 90.2 cm³/mol. The number of fused-ring (bicyclic) bond motifs is 3. The molecule has 1 aromatic carbocycles. The molecule has 124 valence electrons. The Morgan fingerprint density at radius 3 is 2.78 bits per heavy atom. The van der Waals surface area contributed by atoms with Crippen LogP contribution in [0.3, 0.4) is 0 Å². The highest BCUT2D eigenvalue weighted by molar-refractivity contribution is 7.90. The first kappa shape index (κ1) is 15.5. The summed E-state index contributed by atoms with van der Waals surface area (Å²) >= 11 is 12.4. The molecule has 2 aliphatic rings. The number of aromatic nitrogens is 1. The van der Waals surface area contributed by atoms with E-state index in [1.807, 2.05) is 0 Å². The van der Waals surface area contributed by atoms with Crippen molar-refractivity contribution in [2.75, 3.05) is 24.5 Å². The number of aromatic amines is 1. The van der Waals surface area contributed by atoms with E-state index in [-0.39, 0.29) is 0 Å². The smallest absolute Gasteiger partial charge is 0.302 e. The number of benzene rings is 1. The van der Waals surface area contributed by atoms with Crippen molar-refractivity contribution >= 4 is 50.0 Å². The van der Waals surface area contributed by atoms with Crippen molar-refractivity contribution in [2.24, 2.45) is 5.92 Å². The van der Waals surface area contributed by atoms with E-state index in [4.69, 9.17) is 27.9 Å². The fraction of sp³-hybridized carbons (Fsp3) is 0.429. The van der Waals surface area contributed by atoms with Crippen molar-refractivity contribution < 1.29 is 13.2 Å². The van der Waals surface area contributed by atoms with Crippen LogP contribution in [0, 0.1) is 5.92 Å². The van der Waals surface area contributed by atoms with Crippen LogP contribution in [0.2, 0.25) is 10.0 Å². The topological polar surface area (TPSA) is 74.4 Å². The second kappa shape index (κ2) is 5.53. The summed E-state index contributed by atoms with van der Waals surface area (Å²) in [5.74, 6) is 0.444. The number of nitrogens with zero attached hydrogens (tertiary/aromatic N) is 1. The van der Waals surface area contributed by atoms with Gasteiger partial charge in [0.25, 0.3) is 0 Å². The summed E-state index contributed by atoms with van der Waals surface area (Å²) in [5.41, 5.74) is 1.98. The van der Waals surface area contributed by atoms with E-state index in [1.54, 1.807) is 12.3 Å². The second-order valence-corrected chi connectivity index (χ2v) is 8.40. The van der Waals surface area contributed by atoms with E-state index in [0.717, 1.165) is 12.0 Å². The molecule has 0 unspecified atom stereocenters. The first-order valence-corrected chi connectivity index (χ1v) is 9.49. The molecule has 0 atom stereocenters. The maximum absolute atomic E-state index is 12.5. The monoisotopic (exact) mass is 375 g/mol. The number of ether oxygens (including phenoxy) is 1. The van der Waals surface area contributed by atoms with Crippen molar-refractivity contribution in [2.45, 2.75) is 13.0 Å². The maximum Gasteiger partial charge on any atom is 0.302 e. The number of rotatable bonds is 3. The molecule has 23 heavy (non-hydrogen) atoms. The summed E-state index contributed by atoms with van der Waals surface area (Å²) in [6, 6.07) is 1.78. The van der Waals surface area contributed by atoms with Gasteiger partial charge < -0.3 is 9.72 Å². The Kier molecular flexibility index (Phi) is 3.73. The van der Waals surface area contributed by atoms with Crippen LogP contribution in [-0.4, -0.2) is 37.5 Å². The summed E-state index contributed by atoms with van der Waals surface area (Å²) < 4.78 is 34.2. The summed E-state index contributed by atoms with van der Waals surface area (Å²) in [6.45, 7) is 2.19. The second-order valence-electron chi connectivity index (χ2n) is 5.91. The number of anilines is 1. The third kappa shape index (κ3) is 2.60. The van der Waals surface area contributed by atoms with E-state index < -0.39 is 10.2 Å². The Labute approximate surface area is 143 Å². The van der Waals surface area contributed by atoms with Gasteiger partial charge in [-0.05, 0) is 18.1 Å². The molecule has 6 nitrogen and oxygen atoms in total. The maximum atomic E-state index is 12.5. The first-order valence-electron chi connectivity index (χ1n) is 7.29. The molecule has 2 aliphatic heterocycles. The molecular formula is C14H15Cl2N3O3S. The van der Waals surface area contributed by atoms with E-state index in [2.05, 4.69) is 9.71 Å². The average molecular weight is 376 g/mol. The van der Waals surface area contributed by atoms with Gasteiger partial charge in [0.05, 0.1) is 34.5 Å². The molecule has 0 bridgehead atoms. The number of hydrogen-bond donors (Lipinski definition) is 2. The van der Waals surface area contributed by atoms with Crippen LogP contribution >= 0.6 is 23.2 Å². The molecule has 9 heteroatoms. The normalized spacial score (nSPS) is 21.0. The third-order valence-corrected chi connectivity index (χ3v) is 6.40. The molecule has 1 saturated heterocycles. The SMILES string of the molecule is O=S1(=O)Nc2c(cc(Cl)c3c(Cl)c[nH]c23)CN1CCC1COC1. The predicted octanol–water partition coefficient (Wildman–Crippen LogP) is 2.98. The fourth-order valence-electron chi connectivity index (χ4n) is 2.97. The van der Waals surface area contributed by atoms with Crippen molar-refractivity contribution in [1.82, 2.24) is 9.29 Å². The number of halogens is 2. The van der Waals surface area contributed by atoms with Crippen molar-refractivity contribution in [3.63, 3.8) is 0 Å². The molecule has 2 N–H and O–H groups in total. The molecule has 0 radical (unpaired) electrons. The fourth-order valence-corrected chi connectivity index (χ4v) is 4.88. The molecule has 3 heterocycles. The van der Waals surface area contributed by atoms with Gasteiger partial charge in [0, 0.05) is 30.6 Å². The van der Waals surface area contributed by atoms with Crippen LogP contribution in [0.5, 0.6) is 0 Å². The molecule has 0 aliphatic carbocycles. The lowest BCUT2D eigenvalue weighted by atomic mass is 10.0. The van der Waals surface area contributed by atoms with Crippen LogP contribution in [0.4, 0.5) is 5.69 Å². The van der Waals surface area contributed by atoms with Gasteiger partial charge in [-0.15, -0.1) is 0 Å². The Morgan fingerprint density at radius 2 is 2.09 bits per heavy atom. The molecule has 2 aromatic rings. The minimum absolute atomic E-state index is 0.296. The summed E-state index contributed by atoms with van der Waals surface area (Å²) in [7, 11) is -3.58. The Balaban J connectivity index is 1.70. The van der Waals surface area contributed by atoms with E-state index in [1.165, 1.54) is 4.31 Å². The largest absolute Gasteiger partial charge is 0.381 e. The number of nitrogens with one attached hydrogen (secondary N) is 2. The van der Waals surface area contributed by atoms with Gasteiger partial charge in [-0.1, -0.05) is 23.2 Å². The Hall–Kier alpha value is -0.990. The standard InChI is InChI=1S/C14H15Cl2N3O3S/c15-10-3-9-5-19(2-1-8-6-22-7-8)23(20,21)18-13(9)14-12(10)11(16)4-17-14/h3-4,8,17-18H,1-2,5-7H2. The number of hydrogen-bond acceptors (Lipinski definition) is 3. The Morgan fingerprint density at radius 1 is 1.30 bits per heavy atom. The highest BCUT2D eigenvalue weighted by atomic mass is 35.5. The van der Waals surface area contributed by atoms with Crippen molar-refractivity contribution in [3.05, 3.63) is 27.9 Å². The van der Waals surface area contributed by atoms with Crippen LogP contribution in [0.15, 0.2) is 12.3 Å². The Bertz CT molecular complexity index is 877. The van der Waals surface area contributed by atoms with Gasteiger partial charge in [-0.25, -0.2) is 0 Å². The lowest BCUT2D eigenvalue weighted by Crippen LogP contribution is -2.42. The quantitative estimate of drug-likeness (QED) is 0.865. The molecule has 4 rings (SSSR count). The van der Waals surface area contributed by atoms with Gasteiger partial charge in [-0.3, -0.25) is 4.72 Å². The zero-order valence-electron chi connectivity index (χ0n) is 12.1. The first-order chi connectivity index (χ1) is 11.0. The van der Waals surface area contributed by atoms with Gasteiger partial charge in [-0.2, -0.15) is 12.7 Å². The summed E-state index contributed by atoms with van der Waals surface area (Å²) in [5, 5.41) is 1.62. The third-order valence-electron chi connectivity index (χ3n) is 4.35. The highest BCUT2D eigenvalue weighted by Crippen LogP contribution is 2.40. The molecule has 1 aromatic heterocycles. The molecule has 0 amide bonds. The van der Waals surface area contributed by atoms with E-state index in [9.17, 15) is 8.42 Å². The molecule has 1 fully saturated rings. The van der Waals surface area contributed by atoms with Gasteiger partial charge in [0.15, 0.2) is 0 Å². The lowest BCUT2D eigenvalue weighted by Gasteiger charge is -2.32. The van der Waals surface area contributed by atoms with Crippen LogP contribution < -0.4 is 4.72 Å². The van der Waals surface area contributed by atoms with Crippen molar-refractivity contribution in [1.29, 1.82) is 0 Å². The van der Waals surface area contributed by atoms with Crippen LogP contribution in [0.1, 0.15) is 12.0 Å². The minimum Gasteiger partial charge on any atom is -0.381 e. The van der Waals surface area contributed by atoms with Gasteiger partial charge in [0.1, 0.15) is 0 Å². The minimum atomic E-state index is -3.58. The van der Waals surface area contributed by atoms with Gasteiger partial charge >= 0.3 is 10.2 Å². The van der Waals surface area contributed by atoms with Gasteiger partial charge in [0.2, 0.25) is 0 Å². The summed E-state index contributed by atoms with van der Waals surface area (Å²) in [4.78, 5) is 3.00. The van der Waals surface area contributed by atoms with Crippen molar-refractivity contribution in [3.8, 4) is 0 Å². The summed E-state index contributed by atoms with van der Waals surface area (Å²) in [6.07, 6.45) is 2.40. The number of H-pyrrole nitrogens is 1. The van der Waals surface area contributed by atoms with E-state index >= 15 is 0 Å². The molecule has 0 spiro atoms. The lowest BCUT2D eigenvalue weighted by molar-refractivity contribution is -0.0370. The molecular weight excluding hydrogens is 361 g/mol. The zero-order valence-corrected chi connectivity index (χ0v) is 14.4. The van der Waals surface area contributed by atoms with Crippen LogP contribution in [-0.2, 0) is 21.5 Å². The van der Waals surface area contributed by atoms with Crippen LogP contribution in [0.25, 0.3) is 10.9 Å². The zero-order chi connectivity index (χ0) is 16.2. The average Bonchev–Trinajstić information content (AvgIpc) is 2.81. The molecule has 0 saturated carbocycles.